The van der Waals surface area contributed by atoms with E-state index in [4.69, 9.17) is 23.2 Å². The van der Waals surface area contributed by atoms with E-state index in [1.54, 1.807) is 24.4 Å². The van der Waals surface area contributed by atoms with E-state index in [-0.39, 0.29) is 0 Å². The summed E-state index contributed by atoms with van der Waals surface area (Å²) in [6, 6.07) is 14.9. The van der Waals surface area contributed by atoms with Crippen LogP contribution in [0.15, 0.2) is 54.7 Å². The van der Waals surface area contributed by atoms with E-state index in [1.165, 1.54) is 0 Å². The van der Waals surface area contributed by atoms with Crippen molar-refractivity contribution in [2.75, 3.05) is 0 Å². The Morgan fingerprint density at radius 1 is 1.00 bits per heavy atom. The summed E-state index contributed by atoms with van der Waals surface area (Å²) in [6.45, 7) is 0. The van der Waals surface area contributed by atoms with Crippen LogP contribution in [0.5, 0.6) is 0 Å². The fourth-order valence-electron chi connectivity index (χ4n) is 2.43. The number of benzene rings is 2. The van der Waals surface area contributed by atoms with Crippen molar-refractivity contribution >= 4 is 34.1 Å². The van der Waals surface area contributed by atoms with Crippen LogP contribution in [0.1, 0.15) is 17.2 Å². The monoisotopic (exact) mass is 317 g/mol. The summed E-state index contributed by atoms with van der Waals surface area (Å²) >= 11 is 12.0. The molecule has 1 aromatic heterocycles. The third-order valence-corrected chi connectivity index (χ3v) is 3.86. The van der Waals surface area contributed by atoms with Crippen molar-refractivity contribution in [1.82, 2.24) is 4.98 Å². The van der Waals surface area contributed by atoms with Crippen LogP contribution in [-0.2, 0) is 6.42 Å². The number of rotatable bonds is 3. The lowest BCUT2D eigenvalue weighted by molar-refractivity contribution is 0.179. The zero-order chi connectivity index (χ0) is 14.8. The van der Waals surface area contributed by atoms with E-state index in [2.05, 4.69) is 4.98 Å². The number of para-hydroxylation sites is 1. The molecule has 0 fully saturated rings. The number of aromatic nitrogens is 1. The summed E-state index contributed by atoms with van der Waals surface area (Å²) < 4.78 is 0. The molecule has 3 aromatic rings. The Labute approximate surface area is 133 Å². The van der Waals surface area contributed by atoms with Crippen LogP contribution in [0.4, 0.5) is 0 Å². The number of hydrogen-bond acceptors (Lipinski definition) is 2. The number of aliphatic hydroxyl groups excluding tert-OH is 1. The largest absolute Gasteiger partial charge is 0.388 e. The first-order valence-corrected chi connectivity index (χ1v) is 7.36. The van der Waals surface area contributed by atoms with Gasteiger partial charge in [0, 0.05) is 28.0 Å². The van der Waals surface area contributed by atoms with Crippen LogP contribution in [0.3, 0.4) is 0 Å². The first kappa shape index (κ1) is 14.3. The smallest absolute Gasteiger partial charge is 0.0831 e. The van der Waals surface area contributed by atoms with Gasteiger partial charge in [-0.25, -0.2) is 0 Å². The van der Waals surface area contributed by atoms with Gasteiger partial charge >= 0.3 is 0 Å². The Morgan fingerprint density at radius 3 is 2.48 bits per heavy atom. The number of nitrogens with zero attached hydrogens (tertiary/aromatic N) is 1. The van der Waals surface area contributed by atoms with E-state index in [0.717, 1.165) is 16.5 Å². The normalized spacial score (nSPS) is 12.5. The maximum absolute atomic E-state index is 10.4. The third kappa shape index (κ3) is 3.18. The van der Waals surface area contributed by atoms with Gasteiger partial charge in [0.1, 0.15) is 0 Å². The minimum absolute atomic E-state index is 0.486. The second-order valence-corrected chi connectivity index (χ2v) is 5.78. The van der Waals surface area contributed by atoms with Gasteiger partial charge in [-0.3, -0.25) is 4.98 Å². The summed E-state index contributed by atoms with van der Waals surface area (Å²) in [6.07, 6.45) is 1.58. The van der Waals surface area contributed by atoms with Gasteiger partial charge in [0.15, 0.2) is 0 Å². The average Bonchev–Trinajstić information content (AvgIpc) is 2.46. The summed E-state index contributed by atoms with van der Waals surface area (Å²) in [5, 5.41) is 12.5. The molecule has 1 atom stereocenters. The molecule has 0 spiro atoms. The molecule has 0 aliphatic carbocycles. The molecule has 1 unspecified atom stereocenters. The lowest BCUT2D eigenvalue weighted by Crippen LogP contribution is -2.03. The van der Waals surface area contributed by atoms with Crippen LogP contribution in [0.2, 0.25) is 10.0 Å². The topological polar surface area (TPSA) is 33.1 Å². The predicted molar refractivity (Wildman–Crippen MR) is 86.9 cm³/mol. The minimum atomic E-state index is -0.660. The van der Waals surface area contributed by atoms with Crippen molar-refractivity contribution in [3.05, 3.63) is 75.9 Å². The number of aliphatic hydroxyl groups is 1. The fourth-order valence-corrected chi connectivity index (χ4v) is 2.97. The van der Waals surface area contributed by atoms with Crippen molar-refractivity contribution in [3.63, 3.8) is 0 Å². The zero-order valence-corrected chi connectivity index (χ0v) is 12.6. The highest BCUT2D eigenvalue weighted by atomic mass is 35.5. The third-order valence-electron chi connectivity index (χ3n) is 3.42. The molecule has 0 radical (unpaired) electrons. The second-order valence-electron chi connectivity index (χ2n) is 4.91. The quantitative estimate of drug-likeness (QED) is 0.751. The number of hydrogen-bond donors (Lipinski definition) is 1. The molecule has 106 valence electrons. The highest BCUT2D eigenvalue weighted by Crippen LogP contribution is 2.27. The number of halogens is 2. The first-order valence-electron chi connectivity index (χ1n) is 6.60. The number of fused-ring (bicyclic) bond motifs is 1. The SMILES string of the molecule is OC(Cc1ccnc2ccccc12)c1cc(Cl)cc(Cl)c1. The van der Waals surface area contributed by atoms with Gasteiger partial charge in [0.25, 0.3) is 0 Å². The zero-order valence-electron chi connectivity index (χ0n) is 11.1. The molecule has 2 aromatic carbocycles. The highest BCUT2D eigenvalue weighted by molar-refractivity contribution is 6.34. The molecule has 0 aliphatic rings. The maximum Gasteiger partial charge on any atom is 0.0831 e. The van der Waals surface area contributed by atoms with Gasteiger partial charge < -0.3 is 5.11 Å². The molecule has 21 heavy (non-hydrogen) atoms. The molecule has 0 aliphatic heterocycles. The molecule has 2 nitrogen and oxygen atoms in total. The molecule has 4 heteroatoms. The Bertz CT molecular complexity index is 763. The lowest BCUT2D eigenvalue weighted by Gasteiger charge is -2.13. The molecular weight excluding hydrogens is 305 g/mol. The van der Waals surface area contributed by atoms with Crippen molar-refractivity contribution in [2.45, 2.75) is 12.5 Å². The van der Waals surface area contributed by atoms with Crippen molar-refractivity contribution in [3.8, 4) is 0 Å². The minimum Gasteiger partial charge on any atom is -0.388 e. The van der Waals surface area contributed by atoms with Gasteiger partial charge in [-0.1, -0.05) is 41.4 Å². The summed E-state index contributed by atoms with van der Waals surface area (Å²) in [5.41, 5.74) is 2.68. The Kier molecular flexibility index (Phi) is 4.11. The van der Waals surface area contributed by atoms with Gasteiger partial charge in [-0.15, -0.1) is 0 Å². The molecule has 0 bridgehead atoms. The van der Waals surface area contributed by atoms with Gasteiger partial charge in [-0.05, 0) is 41.5 Å². The average molecular weight is 318 g/mol. The highest BCUT2D eigenvalue weighted by Gasteiger charge is 2.12. The summed E-state index contributed by atoms with van der Waals surface area (Å²) in [4.78, 5) is 4.33. The fraction of sp³-hybridized carbons (Fsp3) is 0.118. The predicted octanol–water partition coefficient (Wildman–Crippen LogP) is 4.82. The van der Waals surface area contributed by atoms with Crippen LogP contribution in [-0.4, -0.2) is 10.1 Å². The second kappa shape index (κ2) is 6.02. The Hall–Kier alpha value is -1.61. The maximum atomic E-state index is 10.4. The number of pyridine rings is 1. The molecule has 1 heterocycles. The van der Waals surface area contributed by atoms with E-state index in [1.807, 2.05) is 30.3 Å². The molecular formula is C17H13Cl2NO. The van der Waals surface area contributed by atoms with Crippen LogP contribution in [0.25, 0.3) is 10.9 Å². The van der Waals surface area contributed by atoms with Crippen LogP contribution < -0.4 is 0 Å². The van der Waals surface area contributed by atoms with Crippen molar-refractivity contribution in [2.24, 2.45) is 0 Å². The van der Waals surface area contributed by atoms with Crippen molar-refractivity contribution < 1.29 is 5.11 Å². The standard InChI is InChI=1S/C17H13Cl2NO/c18-13-7-12(8-14(19)10-13)17(21)9-11-5-6-20-16-4-2-1-3-15(11)16/h1-8,10,17,21H,9H2. The summed E-state index contributed by atoms with van der Waals surface area (Å²) in [7, 11) is 0. The Morgan fingerprint density at radius 2 is 1.71 bits per heavy atom. The van der Waals surface area contributed by atoms with E-state index < -0.39 is 6.10 Å². The van der Waals surface area contributed by atoms with E-state index in [0.29, 0.717) is 22.0 Å². The van der Waals surface area contributed by atoms with Crippen molar-refractivity contribution in [1.29, 1.82) is 0 Å². The molecule has 0 amide bonds. The van der Waals surface area contributed by atoms with Crippen LogP contribution >= 0.6 is 23.2 Å². The van der Waals surface area contributed by atoms with Gasteiger partial charge in [0.05, 0.1) is 11.6 Å². The molecule has 1 N–H and O–H groups in total. The molecule has 3 rings (SSSR count). The molecule has 0 saturated heterocycles. The lowest BCUT2D eigenvalue weighted by atomic mass is 9.99. The van der Waals surface area contributed by atoms with E-state index >= 15 is 0 Å². The van der Waals surface area contributed by atoms with Gasteiger partial charge in [-0.2, -0.15) is 0 Å². The van der Waals surface area contributed by atoms with Crippen LogP contribution in [0, 0.1) is 0 Å². The van der Waals surface area contributed by atoms with Gasteiger partial charge in [0.2, 0.25) is 0 Å². The molecule has 0 saturated carbocycles. The summed E-state index contributed by atoms with van der Waals surface area (Å²) in [5.74, 6) is 0. The van der Waals surface area contributed by atoms with E-state index in [9.17, 15) is 5.11 Å². The first-order chi connectivity index (χ1) is 10.1. The Balaban J connectivity index is 1.94.